The summed E-state index contributed by atoms with van der Waals surface area (Å²) in [4.78, 5) is 0. The Balaban J connectivity index is 2.49. The molecule has 0 spiro atoms. The maximum Gasteiger partial charge on any atom is 0.176 e. The van der Waals surface area contributed by atoms with E-state index in [4.69, 9.17) is 15.3 Å². The highest BCUT2D eigenvalue weighted by atomic mass is 16.6. The molecular weight excluding hydrogens is 204 g/mol. The second kappa shape index (κ2) is 6.36. The molecule has 0 amide bonds. The van der Waals surface area contributed by atoms with Crippen LogP contribution in [-0.4, -0.2) is 11.4 Å². The van der Waals surface area contributed by atoms with Gasteiger partial charge in [0.2, 0.25) is 0 Å². The van der Waals surface area contributed by atoms with E-state index in [1.807, 2.05) is 30.3 Å². The third-order valence-electron chi connectivity index (χ3n) is 1.81. The number of hydrogen-bond acceptors (Lipinski definition) is 4. The summed E-state index contributed by atoms with van der Waals surface area (Å²) in [6, 6.07) is 12.6. The molecule has 4 nitrogen and oxygen atoms in total. The van der Waals surface area contributed by atoms with Crippen molar-refractivity contribution >= 4 is 0 Å². The van der Waals surface area contributed by atoms with Gasteiger partial charge < -0.3 is 9.84 Å². The fraction of sp³-hybridized carbons (Fsp3) is 0.167. The number of aliphatic hydroxyl groups is 1. The van der Waals surface area contributed by atoms with Crippen LogP contribution in [0.1, 0.15) is 5.56 Å². The molecule has 0 fully saturated rings. The lowest BCUT2D eigenvalue weighted by Crippen LogP contribution is -2.09. The zero-order valence-electron chi connectivity index (χ0n) is 8.50. The smallest absolute Gasteiger partial charge is 0.176 e. The summed E-state index contributed by atoms with van der Waals surface area (Å²) in [6.45, 7) is 0.225. The SMILES string of the molecule is N#CC(C#N)=CC(O)OCc1ccccc1. The van der Waals surface area contributed by atoms with Crippen LogP contribution in [0.2, 0.25) is 0 Å². The summed E-state index contributed by atoms with van der Waals surface area (Å²) in [5, 5.41) is 26.2. The molecule has 0 saturated heterocycles. The summed E-state index contributed by atoms with van der Waals surface area (Å²) in [6.07, 6.45) is -0.169. The van der Waals surface area contributed by atoms with Crippen LogP contribution in [0.3, 0.4) is 0 Å². The average molecular weight is 214 g/mol. The van der Waals surface area contributed by atoms with Crippen molar-refractivity contribution in [1.29, 1.82) is 10.5 Å². The Morgan fingerprint density at radius 2 is 1.94 bits per heavy atom. The molecule has 4 heteroatoms. The first kappa shape index (κ1) is 11.9. The van der Waals surface area contributed by atoms with Crippen molar-refractivity contribution in [1.82, 2.24) is 0 Å². The molecule has 1 unspecified atom stereocenters. The second-order valence-corrected chi connectivity index (χ2v) is 2.99. The number of nitriles is 2. The number of ether oxygens (including phenoxy) is 1. The molecule has 0 aromatic heterocycles. The predicted molar refractivity (Wildman–Crippen MR) is 56.5 cm³/mol. The van der Waals surface area contributed by atoms with E-state index in [-0.39, 0.29) is 12.2 Å². The van der Waals surface area contributed by atoms with Gasteiger partial charge in [-0.2, -0.15) is 10.5 Å². The number of rotatable bonds is 4. The van der Waals surface area contributed by atoms with Crippen molar-refractivity contribution in [2.24, 2.45) is 0 Å². The van der Waals surface area contributed by atoms with E-state index in [2.05, 4.69) is 0 Å². The third kappa shape index (κ3) is 3.93. The highest BCUT2D eigenvalue weighted by Gasteiger charge is 2.03. The molecule has 0 saturated carbocycles. The van der Waals surface area contributed by atoms with Crippen LogP contribution in [0.25, 0.3) is 0 Å². The minimum absolute atomic E-state index is 0.166. The highest BCUT2D eigenvalue weighted by molar-refractivity contribution is 5.35. The van der Waals surface area contributed by atoms with E-state index in [1.54, 1.807) is 12.1 Å². The molecule has 16 heavy (non-hydrogen) atoms. The normalized spacial score (nSPS) is 10.9. The minimum Gasteiger partial charge on any atom is -0.365 e. The van der Waals surface area contributed by atoms with E-state index in [0.29, 0.717) is 0 Å². The highest BCUT2D eigenvalue weighted by Crippen LogP contribution is 2.04. The summed E-state index contributed by atoms with van der Waals surface area (Å²) < 4.78 is 5.04. The van der Waals surface area contributed by atoms with E-state index in [9.17, 15) is 5.11 Å². The Hall–Kier alpha value is -2.14. The van der Waals surface area contributed by atoms with Gasteiger partial charge in [0.1, 0.15) is 17.7 Å². The minimum atomic E-state index is -1.24. The van der Waals surface area contributed by atoms with Crippen LogP contribution in [0, 0.1) is 22.7 Å². The van der Waals surface area contributed by atoms with Crippen molar-refractivity contribution < 1.29 is 9.84 Å². The molecule has 0 bridgehead atoms. The van der Waals surface area contributed by atoms with Crippen LogP contribution in [0.4, 0.5) is 0 Å². The molecule has 0 heterocycles. The van der Waals surface area contributed by atoms with Crippen LogP contribution < -0.4 is 0 Å². The number of nitrogens with zero attached hydrogens (tertiary/aromatic N) is 2. The van der Waals surface area contributed by atoms with Crippen LogP contribution in [-0.2, 0) is 11.3 Å². The number of allylic oxidation sites excluding steroid dienone is 1. The molecular formula is C12H10N2O2. The average Bonchev–Trinajstić information content (AvgIpc) is 2.34. The standard InChI is InChI=1S/C12H10N2O2/c13-7-11(8-14)6-12(15)16-9-10-4-2-1-3-5-10/h1-6,12,15H,9H2. The van der Waals surface area contributed by atoms with Crippen LogP contribution in [0.15, 0.2) is 42.0 Å². The zero-order chi connectivity index (χ0) is 11.8. The largest absolute Gasteiger partial charge is 0.365 e. The van der Waals surface area contributed by atoms with E-state index in [1.165, 1.54) is 0 Å². The predicted octanol–water partition coefficient (Wildman–Crippen LogP) is 1.50. The van der Waals surface area contributed by atoms with Gasteiger partial charge in [-0.15, -0.1) is 0 Å². The second-order valence-electron chi connectivity index (χ2n) is 2.99. The number of hydrogen-bond donors (Lipinski definition) is 1. The Kier molecular flexibility index (Phi) is 4.75. The maximum absolute atomic E-state index is 9.34. The van der Waals surface area contributed by atoms with E-state index < -0.39 is 6.29 Å². The van der Waals surface area contributed by atoms with Crippen molar-refractivity contribution in [3.8, 4) is 12.1 Å². The quantitative estimate of drug-likeness (QED) is 0.608. The maximum atomic E-state index is 9.34. The van der Waals surface area contributed by atoms with Crippen LogP contribution >= 0.6 is 0 Å². The molecule has 0 aliphatic heterocycles. The third-order valence-corrected chi connectivity index (χ3v) is 1.81. The van der Waals surface area contributed by atoms with Crippen molar-refractivity contribution in [3.05, 3.63) is 47.5 Å². The Bertz CT molecular complexity index is 424. The summed E-state index contributed by atoms with van der Waals surface area (Å²) in [7, 11) is 0. The monoisotopic (exact) mass is 214 g/mol. The topological polar surface area (TPSA) is 77.0 Å². The molecule has 1 N–H and O–H groups in total. The summed E-state index contributed by atoms with van der Waals surface area (Å²) in [5.74, 6) is 0. The lowest BCUT2D eigenvalue weighted by atomic mass is 10.2. The first-order valence-corrected chi connectivity index (χ1v) is 4.62. The molecule has 1 rings (SSSR count). The van der Waals surface area contributed by atoms with Crippen molar-refractivity contribution in [2.75, 3.05) is 0 Å². The van der Waals surface area contributed by atoms with Crippen LogP contribution in [0.5, 0.6) is 0 Å². The van der Waals surface area contributed by atoms with E-state index >= 15 is 0 Å². The molecule has 0 radical (unpaired) electrons. The lowest BCUT2D eigenvalue weighted by molar-refractivity contribution is -0.0734. The van der Waals surface area contributed by atoms with Gasteiger partial charge in [0, 0.05) is 0 Å². The first-order valence-electron chi connectivity index (χ1n) is 4.62. The van der Waals surface area contributed by atoms with Gasteiger partial charge in [-0.1, -0.05) is 30.3 Å². The fourth-order valence-corrected chi connectivity index (χ4v) is 1.05. The summed E-state index contributed by atoms with van der Waals surface area (Å²) >= 11 is 0. The molecule has 0 aliphatic rings. The van der Waals surface area contributed by atoms with E-state index in [0.717, 1.165) is 11.6 Å². The molecule has 1 aromatic carbocycles. The summed E-state index contributed by atoms with van der Waals surface area (Å²) in [5.41, 5.74) is 0.742. The van der Waals surface area contributed by atoms with Crippen molar-refractivity contribution in [2.45, 2.75) is 12.9 Å². The Morgan fingerprint density at radius 1 is 1.31 bits per heavy atom. The molecule has 1 aromatic rings. The lowest BCUT2D eigenvalue weighted by Gasteiger charge is -2.07. The molecule has 0 aliphatic carbocycles. The first-order chi connectivity index (χ1) is 7.76. The number of aliphatic hydroxyl groups excluding tert-OH is 1. The van der Waals surface area contributed by atoms with Gasteiger partial charge in [-0.25, -0.2) is 0 Å². The number of benzene rings is 1. The zero-order valence-corrected chi connectivity index (χ0v) is 8.50. The van der Waals surface area contributed by atoms with Gasteiger partial charge in [0.15, 0.2) is 6.29 Å². The fourth-order valence-electron chi connectivity index (χ4n) is 1.05. The Morgan fingerprint density at radius 3 is 2.50 bits per heavy atom. The van der Waals surface area contributed by atoms with Gasteiger partial charge in [-0.3, -0.25) is 0 Å². The van der Waals surface area contributed by atoms with Crippen molar-refractivity contribution in [3.63, 3.8) is 0 Å². The molecule has 1 atom stereocenters. The molecule has 80 valence electrons. The Labute approximate surface area is 93.6 Å². The van der Waals surface area contributed by atoms with Gasteiger partial charge in [-0.05, 0) is 11.6 Å². The van der Waals surface area contributed by atoms with Gasteiger partial charge >= 0.3 is 0 Å². The van der Waals surface area contributed by atoms with Gasteiger partial charge in [0.25, 0.3) is 0 Å². The van der Waals surface area contributed by atoms with Gasteiger partial charge in [0.05, 0.1) is 6.61 Å².